The topological polar surface area (TPSA) is 97.2 Å². The number of aromatic nitrogens is 3. The Balaban J connectivity index is 1.89. The van der Waals surface area contributed by atoms with E-state index in [1.165, 1.54) is 7.05 Å². The molecule has 2 heterocycles. The largest absolute Gasteiger partial charge is 0.353 e. The number of rotatable bonds is 7. The lowest BCUT2D eigenvalue weighted by atomic mass is 10.2. The summed E-state index contributed by atoms with van der Waals surface area (Å²) in [7, 11) is -1.99. The molecule has 0 radical (unpaired) electrons. The molecule has 0 aliphatic carbocycles. The highest BCUT2D eigenvalue weighted by molar-refractivity contribution is 7.88. The van der Waals surface area contributed by atoms with E-state index in [1.54, 1.807) is 17.1 Å². The first kappa shape index (κ1) is 18.1. The molecule has 0 fully saturated rings. The lowest BCUT2D eigenvalue weighted by Gasteiger charge is -2.13. The molecule has 0 bridgehead atoms. The maximum atomic E-state index is 11.7. The van der Waals surface area contributed by atoms with Crippen molar-refractivity contribution in [2.75, 3.05) is 26.4 Å². The summed E-state index contributed by atoms with van der Waals surface area (Å²) in [6, 6.07) is 5.73. The van der Waals surface area contributed by atoms with Crippen LogP contribution < -0.4 is 5.32 Å². The fraction of sp³-hybridized carbons (Fsp3) is 0.400. The summed E-state index contributed by atoms with van der Waals surface area (Å²) < 4.78 is 25.3. The first-order valence-electron chi connectivity index (χ1n) is 7.40. The smallest absolute Gasteiger partial charge is 0.235 e. The summed E-state index contributed by atoms with van der Waals surface area (Å²) in [5.74, 6) is -0.345. The minimum Gasteiger partial charge on any atom is -0.353 e. The Morgan fingerprint density at radius 1 is 1.33 bits per heavy atom. The normalized spacial score (nSPS) is 11.7. The molecule has 8 nitrogen and oxygen atoms in total. The van der Waals surface area contributed by atoms with Crippen LogP contribution in [0, 0.1) is 6.92 Å². The van der Waals surface area contributed by atoms with E-state index < -0.39 is 10.0 Å². The summed E-state index contributed by atoms with van der Waals surface area (Å²) >= 11 is 0. The first-order valence-corrected chi connectivity index (χ1v) is 9.25. The van der Waals surface area contributed by atoms with E-state index in [4.69, 9.17) is 0 Å². The van der Waals surface area contributed by atoms with Crippen molar-refractivity contribution in [1.29, 1.82) is 0 Å². The summed E-state index contributed by atoms with van der Waals surface area (Å²) in [5.41, 5.74) is 2.80. The molecule has 24 heavy (non-hydrogen) atoms. The van der Waals surface area contributed by atoms with Crippen molar-refractivity contribution >= 4 is 15.9 Å². The van der Waals surface area contributed by atoms with Gasteiger partial charge < -0.3 is 5.32 Å². The highest BCUT2D eigenvalue weighted by Crippen LogP contribution is 2.17. The Hall–Kier alpha value is -2.26. The Bertz CT molecular complexity index is 802. The maximum Gasteiger partial charge on any atom is 0.235 e. The van der Waals surface area contributed by atoms with Gasteiger partial charge in [-0.2, -0.15) is 9.40 Å². The third kappa shape index (κ3) is 4.87. The zero-order valence-electron chi connectivity index (χ0n) is 13.9. The summed E-state index contributed by atoms with van der Waals surface area (Å²) in [5, 5.41) is 7.20. The molecule has 0 aromatic carbocycles. The van der Waals surface area contributed by atoms with Crippen molar-refractivity contribution in [1.82, 2.24) is 24.4 Å². The molecular formula is C15H21N5O3S. The highest BCUT2D eigenvalue weighted by Gasteiger charge is 2.14. The van der Waals surface area contributed by atoms with Crippen LogP contribution in [0.5, 0.6) is 0 Å². The second-order valence-electron chi connectivity index (χ2n) is 5.50. The number of sulfonamides is 1. The van der Waals surface area contributed by atoms with Crippen LogP contribution in [-0.4, -0.2) is 59.8 Å². The van der Waals surface area contributed by atoms with Crippen molar-refractivity contribution in [3.05, 3.63) is 36.3 Å². The molecule has 9 heteroatoms. The molecule has 0 aliphatic heterocycles. The third-order valence-corrected chi connectivity index (χ3v) is 4.80. The minimum atomic E-state index is -3.36. The Kier molecular flexibility index (Phi) is 5.68. The van der Waals surface area contributed by atoms with Gasteiger partial charge >= 0.3 is 0 Å². The van der Waals surface area contributed by atoms with Crippen LogP contribution >= 0.6 is 0 Å². The number of amides is 1. The van der Waals surface area contributed by atoms with Crippen molar-refractivity contribution in [3.8, 4) is 11.3 Å². The van der Waals surface area contributed by atoms with Gasteiger partial charge in [0.2, 0.25) is 15.9 Å². The molecule has 0 spiro atoms. The van der Waals surface area contributed by atoms with E-state index >= 15 is 0 Å². The molecule has 2 aromatic heterocycles. The monoisotopic (exact) mass is 351 g/mol. The lowest BCUT2D eigenvalue weighted by molar-refractivity contribution is -0.121. The van der Waals surface area contributed by atoms with Gasteiger partial charge in [0.25, 0.3) is 0 Å². The molecule has 0 saturated carbocycles. The Morgan fingerprint density at radius 2 is 2.00 bits per heavy atom. The standard InChI is InChI=1S/C15H21N5O3S/c1-12-10-14(13-4-6-16-7-5-13)18-20(12)9-8-17-15(21)11-19(2)24(3,22)23/h4-7,10H,8-9,11H2,1-3H3,(H,17,21). The third-order valence-electron chi connectivity index (χ3n) is 3.54. The summed E-state index contributed by atoms with van der Waals surface area (Å²) in [6.45, 7) is 2.62. The number of aryl methyl sites for hydroxylation is 1. The zero-order chi connectivity index (χ0) is 17.7. The highest BCUT2D eigenvalue weighted by atomic mass is 32.2. The molecule has 2 aromatic rings. The van der Waals surface area contributed by atoms with Crippen molar-refractivity contribution < 1.29 is 13.2 Å². The number of nitrogens with one attached hydrogen (secondary N) is 1. The van der Waals surface area contributed by atoms with E-state index in [-0.39, 0.29) is 12.5 Å². The number of carbonyl (C=O) groups is 1. The molecule has 1 N–H and O–H groups in total. The SMILES string of the molecule is Cc1cc(-c2ccncc2)nn1CCNC(=O)CN(C)S(C)(=O)=O. The van der Waals surface area contributed by atoms with E-state index in [1.807, 2.05) is 25.1 Å². The van der Waals surface area contributed by atoms with Crippen molar-refractivity contribution in [2.24, 2.45) is 0 Å². The van der Waals surface area contributed by atoms with Gasteiger partial charge in [0.1, 0.15) is 0 Å². The van der Waals surface area contributed by atoms with Gasteiger partial charge in [-0.3, -0.25) is 14.5 Å². The van der Waals surface area contributed by atoms with Crippen LogP contribution in [0.4, 0.5) is 0 Å². The molecular weight excluding hydrogens is 330 g/mol. The zero-order valence-corrected chi connectivity index (χ0v) is 14.7. The van der Waals surface area contributed by atoms with Crippen LogP contribution in [0.15, 0.2) is 30.6 Å². The minimum absolute atomic E-state index is 0.195. The van der Waals surface area contributed by atoms with Crippen LogP contribution in [0.3, 0.4) is 0 Å². The number of hydrogen-bond acceptors (Lipinski definition) is 5. The van der Waals surface area contributed by atoms with E-state index in [9.17, 15) is 13.2 Å². The van der Waals surface area contributed by atoms with Gasteiger partial charge in [0, 0.05) is 37.2 Å². The molecule has 130 valence electrons. The maximum absolute atomic E-state index is 11.7. The summed E-state index contributed by atoms with van der Waals surface area (Å²) in [6.07, 6.45) is 4.48. The molecule has 0 saturated heterocycles. The fourth-order valence-corrected chi connectivity index (χ4v) is 2.43. The molecule has 0 aliphatic rings. The second kappa shape index (κ2) is 7.54. The predicted octanol–water partition coefficient (Wildman–Crippen LogP) is 0.261. The van der Waals surface area contributed by atoms with E-state index in [0.717, 1.165) is 27.5 Å². The lowest BCUT2D eigenvalue weighted by Crippen LogP contribution is -2.39. The number of hydrogen-bond donors (Lipinski definition) is 1. The van der Waals surface area contributed by atoms with Crippen LogP contribution in [0.1, 0.15) is 5.69 Å². The number of carbonyl (C=O) groups excluding carboxylic acids is 1. The second-order valence-corrected chi connectivity index (χ2v) is 7.59. The fourth-order valence-electron chi connectivity index (χ4n) is 2.08. The van der Waals surface area contributed by atoms with Crippen LogP contribution in [-0.2, 0) is 21.4 Å². The van der Waals surface area contributed by atoms with Crippen LogP contribution in [0.25, 0.3) is 11.3 Å². The first-order chi connectivity index (χ1) is 11.3. The molecule has 0 unspecified atom stereocenters. The summed E-state index contributed by atoms with van der Waals surface area (Å²) in [4.78, 5) is 15.7. The number of likely N-dealkylation sites (N-methyl/N-ethyl adjacent to an activating group) is 1. The van der Waals surface area contributed by atoms with Crippen molar-refractivity contribution in [2.45, 2.75) is 13.5 Å². The van der Waals surface area contributed by atoms with Gasteiger partial charge in [-0.1, -0.05) is 0 Å². The Morgan fingerprint density at radius 3 is 2.62 bits per heavy atom. The van der Waals surface area contributed by atoms with Gasteiger partial charge in [-0.15, -0.1) is 0 Å². The van der Waals surface area contributed by atoms with Gasteiger partial charge in [-0.25, -0.2) is 8.42 Å². The predicted molar refractivity (Wildman–Crippen MR) is 90.7 cm³/mol. The Labute approximate surface area is 141 Å². The molecule has 2 rings (SSSR count). The number of nitrogens with zero attached hydrogens (tertiary/aromatic N) is 4. The molecule has 1 amide bonds. The van der Waals surface area contributed by atoms with Crippen molar-refractivity contribution in [3.63, 3.8) is 0 Å². The average Bonchev–Trinajstić information content (AvgIpc) is 2.88. The van der Waals surface area contributed by atoms with Gasteiger partial charge in [0.05, 0.1) is 25.0 Å². The van der Waals surface area contributed by atoms with E-state index in [0.29, 0.717) is 13.1 Å². The van der Waals surface area contributed by atoms with Gasteiger partial charge in [-0.05, 0) is 25.1 Å². The van der Waals surface area contributed by atoms with Gasteiger partial charge in [0.15, 0.2) is 0 Å². The quantitative estimate of drug-likeness (QED) is 0.772. The average molecular weight is 351 g/mol. The van der Waals surface area contributed by atoms with E-state index in [2.05, 4.69) is 15.4 Å². The number of pyridine rings is 1. The van der Waals surface area contributed by atoms with Crippen LogP contribution in [0.2, 0.25) is 0 Å². The molecule has 0 atom stereocenters.